The Morgan fingerprint density at radius 1 is 1.09 bits per heavy atom. The van der Waals surface area contributed by atoms with E-state index in [0.29, 0.717) is 22.2 Å². The number of fused-ring (bicyclic) bond motifs is 1. The monoisotopic (exact) mass is 500 g/mol. The molecular formula is C24H28N4O6S. The van der Waals surface area contributed by atoms with Crippen LogP contribution in [0.2, 0.25) is 0 Å². The van der Waals surface area contributed by atoms with E-state index in [1.54, 1.807) is 67.9 Å². The Hall–Kier alpha value is -3.44. The average molecular weight is 501 g/mol. The van der Waals surface area contributed by atoms with Gasteiger partial charge in [-0.05, 0) is 44.5 Å². The highest BCUT2D eigenvalue weighted by atomic mass is 32.2. The summed E-state index contributed by atoms with van der Waals surface area (Å²) in [4.78, 5) is 25.2. The molecule has 0 saturated carbocycles. The Kier molecular flexibility index (Phi) is 6.56. The van der Waals surface area contributed by atoms with Crippen LogP contribution in [0.15, 0.2) is 53.7 Å². The summed E-state index contributed by atoms with van der Waals surface area (Å²) in [6.07, 6.45) is 2.54. The number of carbonyl (C=O) groups excluding carboxylic acids is 1. The number of rotatable bonds is 5. The van der Waals surface area contributed by atoms with Gasteiger partial charge in [0.05, 0.1) is 23.0 Å². The van der Waals surface area contributed by atoms with E-state index < -0.39 is 27.7 Å². The van der Waals surface area contributed by atoms with Gasteiger partial charge < -0.3 is 14.7 Å². The van der Waals surface area contributed by atoms with Crippen molar-refractivity contribution in [3.8, 4) is 11.1 Å². The Morgan fingerprint density at radius 3 is 2.43 bits per heavy atom. The highest BCUT2D eigenvalue weighted by Crippen LogP contribution is 2.31. The van der Waals surface area contributed by atoms with Gasteiger partial charge in [-0.1, -0.05) is 18.2 Å². The lowest BCUT2D eigenvalue weighted by Gasteiger charge is -2.35. The number of ether oxygens (including phenoxy) is 1. The average Bonchev–Trinajstić information content (AvgIpc) is 3.19. The van der Waals surface area contributed by atoms with Crippen LogP contribution in [0.5, 0.6) is 0 Å². The van der Waals surface area contributed by atoms with E-state index in [2.05, 4.69) is 5.10 Å². The number of nitrogens with zero attached hydrogens (tertiary/aromatic N) is 4. The lowest BCUT2D eigenvalue weighted by atomic mass is 10.1. The zero-order valence-electron chi connectivity index (χ0n) is 19.8. The number of carboxylic acids is 1. The third-order valence-corrected chi connectivity index (χ3v) is 7.61. The number of benzene rings is 1. The normalized spacial score (nSPS) is 15.3. The molecule has 0 atom stereocenters. The summed E-state index contributed by atoms with van der Waals surface area (Å²) in [7, 11) is -3.86. The van der Waals surface area contributed by atoms with Crippen molar-refractivity contribution in [2.24, 2.45) is 0 Å². The first-order chi connectivity index (χ1) is 16.5. The maximum Gasteiger partial charge on any atom is 0.410 e. The highest BCUT2D eigenvalue weighted by molar-refractivity contribution is 7.89. The van der Waals surface area contributed by atoms with Crippen LogP contribution in [0, 0.1) is 0 Å². The fourth-order valence-electron chi connectivity index (χ4n) is 4.00. The van der Waals surface area contributed by atoms with Crippen LogP contribution in [-0.4, -0.2) is 76.2 Å². The van der Waals surface area contributed by atoms with Gasteiger partial charge in [0.25, 0.3) is 0 Å². The first-order valence-corrected chi connectivity index (χ1v) is 12.7. The summed E-state index contributed by atoms with van der Waals surface area (Å²) < 4.78 is 35.6. The summed E-state index contributed by atoms with van der Waals surface area (Å²) in [6.45, 7) is 6.13. The molecule has 0 spiro atoms. The Labute approximate surface area is 203 Å². The molecule has 10 nitrogen and oxygen atoms in total. The zero-order valence-corrected chi connectivity index (χ0v) is 20.7. The van der Waals surface area contributed by atoms with Gasteiger partial charge in [-0.25, -0.2) is 17.7 Å². The van der Waals surface area contributed by atoms with E-state index >= 15 is 0 Å². The van der Waals surface area contributed by atoms with Gasteiger partial charge in [0.1, 0.15) is 5.60 Å². The van der Waals surface area contributed by atoms with Crippen LogP contribution < -0.4 is 0 Å². The maximum absolute atomic E-state index is 13.6. The van der Waals surface area contributed by atoms with Crippen molar-refractivity contribution in [1.82, 2.24) is 18.8 Å². The number of carbonyl (C=O) groups is 2. The number of hydrogen-bond acceptors (Lipinski definition) is 6. The number of piperazine rings is 1. The number of amides is 1. The number of pyridine rings is 1. The number of sulfonamides is 1. The van der Waals surface area contributed by atoms with E-state index in [0.717, 1.165) is 0 Å². The molecule has 0 radical (unpaired) electrons. The second-order valence-corrected chi connectivity index (χ2v) is 11.3. The Balaban J connectivity index is 1.61. The molecule has 0 bridgehead atoms. The van der Waals surface area contributed by atoms with Crippen LogP contribution in [0.1, 0.15) is 26.3 Å². The summed E-state index contributed by atoms with van der Waals surface area (Å²) in [6, 6.07) is 10.2. The third kappa shape index (κ3) is 5.30. The van der Waals surface area contributed by atoms with Crippen molar-refractivity contribution in [1.29, 1.82) is 0 Å². The molecule has 1 aliphatic heterocycles. The second kappa shape index (κ2) is 9.31. The minimum Gasteiger partial charge on any atom is -0.481 e. The van der Waals surface area contributed by atoms with Gasteiger partial charge in [-0.15, -0.1) is 0 Å². The molecule has 35 heavy (non-hydrogen) atoms. The minimum absolute atomic E-state index is 0.148. The SMILES string of the molecule is CC(C)(C)OC(=O)N1CCN(S(=O)(=O)c2ccccc2-c2ccn3ncc(CC(=O)O)c3c2)CC1. The van der Waals surface area contributed by atoms with Crippen molar-refractivity contribution < 1.29 is 27.9 Å². The van der Waals surface area contributed by atoms with Crippen molar-refractivity contribution in [2.45, 2.75) is 37.7 Å². The summed E-state index contributed by atoms with van der Waals surface area (Å²) >= 11 is 0. The first kappa shape index (κ1) is 24.7. The number of aliphatic carboxylic acids is 1. The van der Waals surface area contributed by atoms with Crippen molar-refractivity contribution in [3.63, 3.8) is 0 Å². The smallest absolute Gasteiger partial charge is 0.410 e. The molecule has 1 aromatic carbocycles. The second-order valence-electron chi connectivity index (χ2n) is 9.35. The van der Waals surface area contributed by atoms with E-state index in [4.69, 9.17) is 4.74 Å². The van der Waals surface area contributed by atoms with E-state index in [9.17, 15) is 23.1 Å². The molecule has 186 valence electrons. The van der Waals surface area contributed by atoms with E-state index in [1.807, 2.05) is 0 Å². The predicted octanol–water partition coefficient (Wildman–Crippen LogP) is 2.87. The molecular weight excluding hydrogens is 472 g/mol. The summed E-state index contributed by atoms with van der Waals surface area (Å²) in [5, 5.41) is 13.4. The molecule has 1 amide bonds. The van der Waals surface area contributed by atoms with Crippen LogP contribution in [0.3, 0.4) is 0 Å². The maximum atomic E-state index is 13.6. The van der Waals surface area contributed by atoms with Gasteiger partial charge in [0.15, 0.2) is 0 Å². The molecule has 3 heterocycles. The van der Waals surface area contributed by atoms with Gasteiger partial charge in [-0.3, -0.25) is 4.79 Å². The minimum atomic E-state index is -3.86. The lowest BCUT2D eigenvalue weighted by molar-refractivity contribution is -0.136. The fourth-order valence-corrected chi connectivity index (χ4v) is 5.64. The Bertz CT molecular complexity index is 1370. The third-order valence-electron chi connectivity index (χ3n) is 5.65. The fraction of sp³-hybridized carbons (Fsp3) is 0.375. The van der Waals surface area contributed by atoms with Gasteiger partial charge in [0.2, 0.25) is 10.0 Å². The van der Waals surface area contributed by atoms with Crippen LogP contribution in [0.4, 0.5) is 4.79 Å². The van der Waals surface area contributed by atoms with Crippen LogP contribution in [-0.2, 0) is 26.0 Å². The summed E-state index contributed by atoms with van der Waals surface area (Å²) in [5.74, 6) is -0.973. The molecule has 2 aromatic heterocycles. The molecule has 1 saturated heterocycles. The van der Waals surface area contributed by atoms with Crippen molar-refractivity contribution >= 4 is 27.6 Å². The zero-order chi connectivity index (χ0) is 25.4. The van der Waals surface area contributed by atoms with Crippen LogP contribution >= 0.6 is 0 Å². The van der Waals surface area contributed by atoms with Gasteiger partial charge in [-0.2, -0.15) is 9.40 Å². The predicted molar refractivity (Wildman–Crippen MR) is 129 cm³/mol. The highest BCUT2D eigenvalue weighted by Gasteiger charge is 2.33. The van der Waals surface area contributed by atoms with Crippen LogP contribution in [0.25, 0.3) is 16.6 Å². The molecule has 4 rings (SSSR count). The van der Waals surface area contributed by atoms with E-state index in [-0.39, 0.29) is 37.5 Å². The molecule has 1 aliphatic rings. The molecule has 1 fully saturated rings. The van der Waals surface area contributed by atoms with Gasteiger partial charge in [0, 0.05) is 43.5 Å². The quantitative estimate of drug-likeness (QED) is 0.572. The largest absolute Gasteiger partial charge is 0.481 e. The molecule has 3 aromatic rings. The molecule has 11 heteroatoms. The molecule has 0 unspecified atom stereocenters. The van der Waals surface area contributed by atoms with Crippen molar-refractivity contribution in [2.75, 3.05) is 26.2 Å². The number of carboxylic acid groups (broad SMARTS) is 1. The number of aromatic nitrogens is 2. The summed E-state index contributed by atoms with van der Waals surface area (Å²) in [5.41, 5.74) is 1.66. The van der Waals surface area contributed by atoms with E-state index in [1.165, 1.54) is 15.4 Å². The standard InChI is InChI=1S/C24H28N4O6S/c1-24(2,3)34-23(31)26-10-12-27(13-11-26)35(32,33)21-7-5-4-6-19(21)17-8-9-28-20(14-17)18(16-25-28)15-22(29)30/h4-9,14,16H,10-13,15H2,1-3H3,(H,29,30). The first-order valence-electron chi connectivity index (χ1n) is 11.2. The van der Waals surface area contributed by atoms with Crippen molar-refractivity contribution in [3.05, 3.63) is 54.4 Å². The lowest BCUT2D eigenvalue weighted by Crippen LogP contribution is -2.51. The topological polar surface area (TPSA) is 122 Å². The number of hydrogen-bond donors (Lipinski definition) is 1. The molecule has 1 N–H and O–H groups in total. The Morgan fingerprint density at radius 2 is 1.77 bits per heavy atom. The van der Waals surface area contributed by atoms with Gasteiger partial charge >= 0.3 is 12.1 Å². The molecule has 0 aliphatic carbocycles.